The van der Waals surface area contributed by atoms with E-state index in [4.69, 9.17) is 0 Å². The summed E-state index contributed by atoms with van der Waals surface area (Å²) in [5.74, 6) is 0.617. The third-order valence-electron chi connectivity index (χ3n) is 3.44. The summed E-state index contributed by atoms with van der Waals surface area (Å²) in [7, 11) is 0. The van der Waals surface area contributed by atoms with Gasteiger partial charge in [0.15, 0.2) is 0 Å². The highest BCUT2D eigenvalue weighted by Crippen LogP contribution is 2.19. The quantitative estimate of drug-likeness (QED) is 0.920. The number of hydrogen-bond acceptors (Lipinski definition) is 4. The van der Waals surface area contributed by atoms with Gasteiger partial charge in [0.25, 0.3) is 0 Å². The zero-order valence-corrected chi connectivity index (χ0v) is 12.1. The van der Waals surface area contributed by atoms with Gasteiger partial charge in [-0.25, -0.2) is 9.37 Å². The van der Waals surface area contributed by atoms with Crippen molar-refractivity contribution >= 4 is 16.7 Å². The molecular formula is C14H18FN4S+. The third-order valence-corrected chi connectivity index (χ3v) is 4.26. The molecule has 0 radical (unpaired) electrons. The number of anilines is 1. The maximum atomic E-state index is 12.9. The molecule has 1 aromatic heterocycles. The molecule has 1 aromatic carbocycles. The Bertz CT molecular complexity index is 547. The second-order valence-electron chi connectivity index (χ2n) is 5.00. The number of rotatable bonds is 3. The lowest BCUT2D eigenvalue weighted by molar-refractivity contribution is -0.650. The first kappa shape index (κ1) is 13.5. The summed E-state index contributed by atoms with van der Waals surface area (Å²) < 4.78 is 17.3. The second-order valence-corrected chi connectivity index (χ2v) is 5.73. The van der Waals surface area contributed by atoms with Crippen LogP contribution in [-0.4, -0.2) is 35.5 Å². The zero-order valence-electron chi connectivity index (χ0n) is 11.3. The predicted molar refractivity (Wildman–Crippen MR) is 77.6 cm³/mol. The standard InChI is InChI=1S/C14H17FN4S/c15-12-4-2-11(3-5-12)10-13-17-14(20-18-13)19-8-1-6-16-7-9-19/h2-5,16H,1,6-10H2/p+1. The molecule has 6 heteroatoms. The molecule has 1 saturated heterocycles. The van der Waals surface area contributed by atoms with Gasteiger partial charge in [0.05, 0.1) is 19.6 Å². The number of nitrogens with zero attached hydrogens (tertiary/aromatic N) is 3. The van der Waals surface area contributed by atoms with E-state index in [9.17, 15) is 4.39 Å². The number of aromatic nitrogens is 2. The Kier molecular flexibility index (Phi) is 4.22. The lowest BCUT2D eigenvalue weighted by Gasteiger charge is -2.16. The van der Waals surface area contributed by atoms with Crippen LogP contribution in [0.15, 0.2) is 24.3 Å². The first-order valence-electron chi connectivity index (χ1n) is 6.95. The van der Waals surface area contributed by atoms with Crippen LogP contribution >= 0.6 is 11.5 Å². The fraction of sp³-hybridized carbons (Fsp3) is 0.429. The number of hydrogen-bond donors (Lipinski definition) is 1. The molecule has 0 saturated carbocycles. The number of quaternary nitrogens is 1. The van der Waals surface area contributed by atoms with Gasteiger partial charge in [-0.2, -0.15) is 4.37 Å². The maximum Gasteiger partial charge on any atom is 0.205 e. The van der Waals surface area contributed by atoms with E-state index < -0.39 is 0 Å². The van der Waals surface area contributed by atoms with Crippen molar-refractivity contribution in [1.82, 2.24) is 9.36 Å². The molecular weight excluding hydrogens is 275 g/mol. The zero-order chi connectivity index (χ0) is 13.8. The van der Waals surface area contributed by atoms with Gasteiger partial charge in [0.1, 0.15) is 11.6 Å². The number of halogens is 1. The molecule has 2 N–H and O–H groups in total. The summed E-state index contributed by atoms with van der Waals surface area (Å²) in [4.78, 5) is 6.93. The summed E-state index contributed by atoms with van der Waals surface area (Å²) in [6.07, 6.45) is 1.85. The number of benzene rings is 1. The Balaban J connectivity index is 1.68. The summed E-state index contributed by atoms with van der Waals surface area (Å²) >= 11 is 1.46. The van der Waals surface area contributed by atoms with Gasteiger partial charge in [0, 0.05) is 30.9 Å². The van der Waals surface area contributed by atoms with Crippen molar-refractivity contribution in [3.8, 4) is 0 Å². The van der Waals surface area contributed by atoms with Crippen LogP contribution in [0.25, 0.3) is 0 Å². The summed E-state index contributed by atoms with van der Waals surface area (Å²) in [5.41, 5.74) is 1.04. The minimum absolute atomic E-state index is 0.207. The van der Waals surface area contributed by atoms with E-state index in [1.54, 1.807) is 12.1 Å². The van der Waals surface area contributed by atoms with Crippen LogP contribution in [0.1, 0.15) is 17.8 Å². The van der Waals surface area contributed by atoms with E-state index in [1.807, 2.05) is 0 Å². The molecule has 1 aliphatic rings. The first-order chi connectivity index (χ1) is 9.81. The molecule has 4 nitrogen and oxygen atoms in total. The van der Waals surface area contributed by atoms with Gasteiger partial charge in [-0.1, -0.05) is 12.1 Å². The van der Waals surface area contributed by atoms with Crippen LogP contribution in [-0.2, 0) is 6.42 Å². The van der Waals surface area contributed by atoms with Gasteiger partial charge >= 0.3 is 0 Å². The molecule has 2 heterocycles. The average Bonchev–Trinajstić information content (AvgIpc) is 2.74. The second kappa shape index (κ2) is 6.28. The fourth-order valence-corrected chi connectivity index (χ4v) is 3.09. The van der Waals surface area contributed by atoms with E-state index >= 15 is 0 Å². The minimum atomic E-state index is -0.207. The molecule has 0 unspecified atom stereocenters. The Morgan fingerprint density at radius 2 is 2.05 bits per heavy atom. The smallest absolute Gasteiger partial charge is 0.205 e. The fourth-order valence-electron chi connectivity index (χ4n) is 2.35. The van der Waals surface area contributed by atoms with Crippen molar-refractivity contribution in [3.63, 3.8) is 0 Å². The molecule has 0 spiro atoms. The predicted octanol–water partition coefficient (Wildman–Crippen LogP) is 1.04. The SMILES string of the molecule is Fc1ccc(Cc2nsc(N3CCC[NH2+]CC3)n2)cc1. The van der Waals surface area contributed by atoms with Crippen LogP contribution in [0.3, 0.4) is 0 Å². The molecule has 0 aliphatic carbocycles. The highest BCUT2D eigenvalue weighted by molar-refractivity contribution is 7.09. The van der Waals surface area contributed by atoms with Crippen LogP contribution in [0.4, 0.5) is 9.52 Å². The summed E-state index contributed by atoms with van der Waals surface area (Å²) in [6.45, 7) is 4.40. The highest BCUT2D eigenvalue weighted by atomic mass is 32.1. The number of nitrogens with two attached hydrogens (primary N) is 1. The lowest BCUT2D eigenvalue weighted by Crippen LogP contribution is -2.84. The van der Waals surface area contributed by atoms with Crippen LogP contribution in [0.2, 0.25) is 0 Å². The van der Waals surface area contributed by atoms with Gasteiger partial charge in [-0.15, -0.1) is 0 Å². The van der Waals surface area contributed by atoms with Gasteiger partial charge in [-0.3, -0.25) is 0 Å². The molecule has 20 heavy (non-hydrogen) atoms. The molecule has 2 aromatic rings. The Hall–Kier alpha value is -1.53. The van der Waals surface area contributed by atoms with Crippen molar-refractivity contribution in [3.05, 3.63) is 41.5 Å². The molecule has 106 valence electrons. The van der Waals surface area contributed by atoms with Crippen molar-refractivity contribution in [2.75, 3.05) is 31.1 Å². The van der Waals surface area contributed by atoms with E-state index in [2.05, 4.69) is 19.6 Å². The Morgan fingerprint density at radius 1 is 1.20 bits per heavy atom. The molecule has 1 aliphatic heterocycles. The van der Waals surface area contributed by atoms with Gasteiger partial charge in [0.2, 0.25) is 5.13 Å². The first-order valence-corrected chi connectivity index (χ1v) is 7.72. The van der Waals surface area contributed by atoms with E-state index in [1.165, 1.54) is 36.6 Å². The van der Waals surface area contributed by atoms with Crippen LogP contribution in [0, 0.1) is 5.82 Å². The van der Waals surface area contributed by atoms with Crippen LogP contribution < -0.4 is 10.2 Å². The molecule has 1 fully saturated rings. The van der Waals surface area contributed by atoms with Crippen molar-refractivity contribution in [2.24, 2.45) is 0 Å². The molecule has 0 atom stereocenters. The van der Waals surface area contributed by atoms with Crippen LogP contribution in [0.5, 0.6) is 0 Å². The van der Waals surface area contributed by atoms with Crippen molar-refractivity contribution < 1.29 is 9.71 Å². The summed E-state index contributed by atoms with van der Waals surface area (Å²) in [6, 6.07) is 6.54. The molecule has 0 bridgehead atoms. The van der Waals surface area contributed by atoms with E-state index in [0.717, 1.165) is 36.2 Å². The maximum absolute atomic E-state index is 12.9. The van der Waals surface area contributed by atoms with Gasteiger partial charge in [-0.05, 0) is 17.7 Å². The Morgan fingerprint density at radius 3 is 2.90 bits per heavy atom. The topological polar surface area (TPSA) is 45.6 Å². The van der Waals surface area contributed by atoms with Gasteiger partial charge < -0.3 is 10.2 Å². The highest BCUT2D eigenvalue weighted by Gasteiger charge is 2.15. The normalized spacial score (nSPS) is 16.1. The van der Waals surface area contributed by atoms with Crippen molar-refractivity contribution in [1.29, 1.82) is 0 Å². The average molecular weight is 293 g/mol. The Labute approximate surface area is 121 Å². The molecule has 0 amide bonds. The lowest BCUT2D eigenvalue weighted by atomic mass is 10.1. The van der Waals surface area contributed by atoms with E-state index in [-0.39, 0.29) is 5.82 Å². The third kappa shape index (κ3) is 3.32. The summed E-state index contributed by atoms with van der Waals surface area (Å²) in [5, 5.41) is 3.36. The molecule has 3 rings (SSSR count). The van der Waals surface area contributed by atoms with Crippen molar-refractivity contribution in [2.45, 2.75) is 12.8 Å². The largest absolute Gasteiger partial charge is 0.345 e. The van der Waals surface area contributed by atoms with E-state index in [0.29, 0.717) is 6.42 Å². The minimum Gasteiger partial charge on any atom is -0.345 e. The monoisotopic (exact) mass is 293 g/mol.